The molecule has 1 heterocycles. The Morgan fingerprint density at radius 1 is 1.40 bits per heavy atom. The van der Waals surface area contributed by atoms with Gasteiger partial charge in [-0.3, -0.25) is 5.21 Å². The highest BCUT2D eigenvalue weighted by atomic mass is 16.6. The van der Waals surface area contributed by atoms with E-state index in [1.165, 1.54) is 0 Å². The molecule has 0 saturated carbocycles. The van der Waals surface area contributed by atoms with Crippen molar-refractivity contribution in [1.82, 2.24) is 0 Å². The third-order valence-electron chi connectivity index (χ3n) is 1.49. The molecule has 1 aliphatic rings. The number of benzene rings is 1. The van der Waals surface area contributed by atoms with Gasteiger partial charge in [-0.1, -0.05) is 12.1 Å². The molecule has 0 amide bonds. The first-order valence-corrected chi connectivity index (χ1v) is 3.06. The highest BCUT2D eigenvalue weighted by Crippen LogP contribution is 2.31. The van der Waals surface area contributed by atoms with Crippen molar-refractivity contribution in [2.24, 2.45) is 0 Å². The lowest BCUT2D eigenvalue weighted by molar-refractivity contribution is 0.194. The molecule has 3 heteroatoms. The number of anilines is 1. The van der Waals surface area contributed by atoms with Gasteiger partial charge in [0, 0.05) is 0 Å². The number of para-hydroxylation sites is 2. The molecular formula is C7H7NO2. The normalized spacial score (nSPS) is 14.7. The van der Waals surface area contributed by atoms with Crippen molar-refractivity contribution in [3.8, 4) is 5.75 Å². The van der Waals surface area contributed by atoms with Gasteiger partial charge < -0.3 is 4.74 Å². The Hall–Kier alpha value is -1.22. The molecule has 10 heavy (non-hydrogen) atoms. The van der Waals surface area contributed by atoms with Crippen molar-refractivity contribution < 1.29 is 9.94 Å². The van der Waals surface area contributed by atoms with Gasteiger partial charge in [0.25, 0.3) is 0 Å². The second kappa shape index (κ2) is 1.88. The third-order valence-corrected chi connectivity index (χ3v) is 1.49. The van der Waals surface area contributed by atoms with Crippen molar-refractivity contribution in [2.75, 3.05) is 11.8 Å². The molecule has 0 atom stereocenters. The van der Waals surface area contributed by atoms with E-state index in [9.17, 15) is 0 Å². The van der Waals surface area contributed by atoms with Crippen molar-refractivity contribution in [2.45, 2.75) is 0 Å². The van der Waals surface area contributed by atoms with E-state index in [-0.39, 0.29) is 6.73 Å². The van der Waals surface area contributed by atoms with Crippen LogP contribution in [0.1, 0.15) is 0 Å². The molecule has 0 unspecified atom stereocenters. The predicted molar refractivity (Wildman–Crippen MR) is 36.2 cm³/mol. The molecule has 3 nitrogen and oxygen atoms in total. The fraction of sp³-hybridized carbons (Fsp3) is 0.143. The van der Waals surface area contributed by atoms with Crippen LogP contribution in [0.15, 0.2) is 24.3 Å². The van der Waals surface area contributed by atoms with Crippen LogP contribution in [0.2, 0.25) is 0 Å². The van der Waals surface area contributed by atoms with Gasteiger partial charge in [-0.05, 0) is 12.1 Å². The summed E-state index contributed by atoms with van der Waals surface area (Å²) in [4.78, 5) is 0. The summed E-state index contributed by atoms with van der Waals surface area (Å²) in [6, 6.07) is 7.36. The van der Waals surface area contributed by atoms with Gasteiger partial charge in [-0.2, -0.15) is 0 Å². The van der Waals surface area contributed by atoms with E-state index >= 15 is 0 Å². The summed E-state index contributed by atoms with van der Waals surface area (Å²) in [5.41, 5.74) is 0.738. The van der Waals surface area contributed by atoms with Crippen LogP contribution >= 0.6 is 0 Å². The molecule has 0 aliphatic carbocycles. The topological polar surface area (TPSA) is 32.7 Å². The number of hydrogen-bond acceptors (Lipinski definition) is 3. The quantitative estimate of drug-likeness (QED) is 0.583. The van der Waals surface area contributed by atoms with Crippen LogP contribution in [0.3, 0.4) is 0 Å². The van der Waals surface area contributed by atoms with Crippen LogP contribution in [-0.2, 0) is 0 Å². The van der Waals surface area contributed by atoms with E-state index in [0.717, 1.165) is 16.5 Å². The molecule has 0 spiro atoms. The van der Waals surface area contributed by atoms with E-state index in [2.05, 4.69) is 0 Å². The maximum Gasteiger partial charge on any atom is 0.185 e. The minimum atomic E-state index is 0.235. The SMILES string of the molecule is ON1COc2ccccc21. The Kier molecular flexibility index (Phi) is 1.05. The van der Waals surface area contributed by atoms with Gasteiger partial charge in [0.15, 0.2) is 6.73 Å². The molecule has 1 aromatic carbocycles. The number of nitrogens with zero attached hydrogens (tertiary/aromatic N) is 1. The van der Waals surface area contributed by atoms with E-state index in [4.69, 9.17) is 9.94 Å². The molecule has 2 rings (SSSR count). The molecular weight excluding hydrogens is 130 g/mol. The molecule has 0 bridgehead atoms. The first-order chi connectivity index (χ1) is 4.88. The maximum atomic E-state index is 9.09. The Bertz CT molecular complexity index is 249. The Labute approximate surface area is 58.4 Å². The zero-order valence-electron chi connectivity index (χ0n) is 5.32. The van der Waals surface area contributed by atoms with Gasteiger partial charge in [-0.15, -0.1) is 0 Å². The van der Waals surface area contributed by atoms with Crippen LogP contribution in [0.5, 0.6) is 5.75 Å². The molecule has 0 radical (unpaired) electrons. The molecule has 1 aromatic rings. The second-order valence-corrected chi connectivity index (χ2v) is 2.14. The van der Waals surface area contributed by atoms with Gasteiger partial charge in [0.05, 0.1) is 0 Å². The van der Waals surface area contributed by atoms with Crippen molar-refractivity contribution in [3.63, 3.8) is 0 Å². The van der Waals surface area contributed by atoms with Gasteiger partial charge in [0.1, 0.15) is 11.4 Å². The van der Waals surface area contributed by atoms with Crippen molar-refractivity contribution >= 4 is 5.69 Å². The minimum absolute atomic E-state index is 0.235. The zero-order valence-corrected chi connectivity index (χ0v) is 5.32. The van der Waals surface area contributed by atoms with Crippen molar-refractivity contribution in [1.29, 1.82) is 0 Å². The Morgan fingerprint density at radius 2 is 2.20 bits per heavy atom. The summed E-state index contributed by atoms with van der Waals surface area (Å²) in [6.45, 7) is 0.235. The average Bonchev–Trinajstić information content (AvgIpc) is 2.34. The zero-order chi connectivity index (χ0) is 6.97. The van der Waals surface area contributed by atoms with Crippen LogP contribution in [0, 0.1) is 0 Å². The lowest BCUT2D eigenvalue weighted by Crippen LogP contribution is -2.15. The predicted octanol–water partition coefficient (Wildman–Crippen LogP) is 1.23. The largest absolute Gasteiger partial charge is 0.469 e. The fourth-order valence-electron chi connectivity index (χ4n) is 0.993. The van der Waals surface area contributed by atoms with Gasteiger partial charge in [-0.25, -0.2) is 5.06 Å². The molecule has 1 aliphatic heterocycles. The third kappa shape index (κ3) is 0.642. The number of rotatable bonds is 0. The van der Waals surface area contributed by atoms with Gasteiger partial charge >= 0.3 is 0 Å². The van der Waals surface area contributed by atoms with Crippen LogP contribution in [0.4, 0.5) is 5.69 Å². The Morgan fingerprint density at radius 3 is 3.00 bits per heavy atom. The highest BCUT2D eigenvalue weighted by molar-refractivity contribution is 5.58. The van der Waals surface area contributed by atoms with Crippen LogP contribution in [0.25, 0.3) is 0 Å². The summed E-state index contributed by atoms with van der Waals surface area (Å²) >= 11 is 0. The summed E-state index contributed by atoms with van der Waals surface area (Å²) in [6.07, 6.45) is 0. The first-order valence-electron chi connectivity index (χ1n) is 3.06. The number of hydroxylamine groups is 1. The monoisotopic (exact) mass is 137 g/mol. The second-order valence-electron chi connectivity index (χ2n) is 2.14. The average molecular weight is 137 g/mol. The smallest absolute Gasteiger partial charge is 0.185 e. The van der Waals surface area contributed by atoms with Crippen LogP contribution < -0.4 is 9.80 Å². The van der Waals surface area contributed by atoms with E-state index < -0.39 is 0 Å². The number of fused-ring (bicyclic) bond motifs is 1. The molecule has 0 aromatic heterocycles. The van der Waals surface area contributed by atoms with E-state index in [0.29, 0.717) is 0 Å². The van der Waals surface area contributed by atoms with Crippen LogP contribution in [-0.4, -0.2) is 11.9 Å². The van der Waals surface area contributed by atoms with Gasteiger partial charge in [0.2, 0.25) is 0 Å². The summed E-state index contributed by atoms with van der Waals surface area (Å²) < 4.78 is 5.09. The number of hydrogen-bond donors (Lipinski definition) is 1. The standard InChI is InChI=1S/C7H7NO2/c9-8-5-10-7-4-2-1-3-6(7)8/h1-4,9H,5H2. The fourth-order valence-corrected chi connectivity index (χ4v) is 0.993. The van der Waals surface area contributed by atoms with Crippen molar-refractivity contribution in [3.05, 3.63) is 24.3 Å². The summed E-state index contributed by atoms with van der Waals surface area (Å²) in [5, 5.41) is 10.2. The first kappa shape index (κ1) is 5.56. The minimum Gasteiger partial charge on any atom is -0.469 e. The summed E-state index contributed by atoms with van der Waals surface area (Å²) in [5.74, 6) is 0.741. The lowest BCUT2D eigenvalue weighted by Gasteiger charge is -2.03. The van der Waals surface area contributed by atoms with E-state index in [1.54, 1.807) is 0 Å². The summed E-state index contributed by atoms with van der Waals surface area (Å²) in [7, 11) is 0. The van der Waals surface area contributed by atoms with E-state index in [1.807, 2.05) is 24.3 Å². The molecule has 1 N–H and O–H groups in total. The lowest BCUT2D eigenvalue weighted by atomic mass is 10.3. The molecule has 0 fully saturated rings. The molecule has 52 valence electrons. The molecule has 0 saturated heterocycles. The highest BCUT2D eigenvalue weighted by Gasteiger charge is 2.16. The number of ether oxygens (including phenoxy) is 1. The maximum absolute atomic E-state index is 9.09. The Balaban J connectivity index is 2.51.